The van der Waals surface area contributed by atoms with Crippen molar-refractivity contribution in [1.29, 1.82) is 0 Å². The fraction of sp³-hybridized carbons (Fsp3) is 1.00. The van der Waals surface area contributed by atoms with E-state index in [9.17, 15) is 0 Å². The summed E-state index contributed by atoms with van der Waals surface area (Å²) in [5.41, 5.74) is 0. The van der Waals surface area contributed by atoms with Crippen molar-refractivity contribution in [3.05, 3.63) is 0 Å². The van der Waals surface area contributed by atoms with Gasteiger partial charge in [0.25, 0.3) is 0 Å². The molecule has 0 aromatic heterocycles. The SMILES string of the molecule is C.C.C.C.C.C.C.C.C.C.C.C.C.C.C.C.C.C.C.C.C.C.C.C.CCOI(S)C(C)(I)C(C)I.CCOI(S)C(C)(I)C(C)I. The summed E-state index contributed by atoms with van der Waals surface area (Å²) in [5.74, 6) is 0. The first-order valence-corrected chi connectivity index (χ1v) is 21.6. The molecule has 0 N–H and O–H groups in total. The summed E-state index contributed by atoms with van der Waals surface area (Å²) in [6.07, 6.45) is 0. The van der Waals surface area contributed by atoms with Crippen LogP contribution < -0.4 is 0 Å². The summed E-state index contributed by atoms with van der Waals surface area (Å²) in [4.78, 5) is 0. The molecule has 0 heterocycles. The maximum atomic E-state index is 5.58. The van der Waals surface area contributed by atoms with Gasteiger partial charge in [-0.25, -0.2) is 0 Å². The molecule has 4 unspecified atom stereocenters. The summed E-state index contributed by atoms with van der Waals surface area (Å²) in [6.45, 7) is 14.6. The van der Waals surface area contributed by atoms with Crippen molar-refractivity contribution in [3.8, 4) is 0 Å². The Labute approximate surface area is 391 Å². The maximum absolute atomic E-state index is 5.58. The Bertz CT molecular complexity index is 278. The zero-order chi connectivity index (χ0) is 18.1. The van der Waals surface area contributed by atoms with Gasteiger partial charge in [0, 0.05) is 0 Å². The Morgan fingerprint density at radius 1 is 0.435 bits per heavy atom. The van der Waals surface area contributed by atoms with Gasteiger partial charge in [0.1, 0.15) is 0 Å². The molecule has 0 fully saturated rings. The van der Waals surface area contributed by atoms with E-state index in [-0.39, 0.29) is 181 Å². The van der Waals surface area contributed by atoms with Crippen LogP contribution >= 0.6 is 148 Å². The van der Waals surface area contributed by atoms with Crippen LogP contribution in [0, 0.1) is 0 Å². The monoisotopic (exact) mass is 1410 g/mol. The van der Waals surface area contributed by atoms with Crippen LogP contribution in [0.2, 0.25) is 0 Å². The second-order valence-electron chi connectivity index (χ2n) is 4.40. The molecular weight excluding hydrogens is 1290 g/mol. The molecule has 0 amide bonds. The fourth-order valence-electron chi connectivity index (χ4n) is 0.677. The third-order valence-electron chi connectivity index (χ3n) is 2.45. The van der Waals surface area contributed by atoms with Crippen molar-refractivity contribution < 1.29 is 6.13 Å². The number of halogens is 6. The van der Waals surface area contributed by atoms with Gasteiger partial charge in [-0.15, -0.1) is 0 Å². The van der Waals surface area contributed by atoms with E-state index in [1.807, 2.05) is 13.8 Å². The van der Waals surface area contributed by atoms with Gasteiger partial charge in [-0.1, -0.05) is 178 Å². The standard InChI is InChI=1S/2C6H13I3OS.24CH4/c2*1-4-10-9(11)6(3,8)5(2)7;;;;;;;;;;;;;;;;;;;;;;;;/h2*5,11H,4H2,1-3H3;24*1H4. The fourth-order valence-corrected chi connectivity index (χ4v) is 14.8. The molecule has 0 spiro atoms. The summed E-state index contributed by atoms with van der Waals surface area (Å²) in [6, 6.07) is 0. The van der Waals surface area contributed by atoms with Gasteiger partial charge in [-0.3, -0.25) is 0 Å². The zero-order valence-electron chi connectivity index (χ0n) is 13.5. The molecule has 0 saturated heterocycles. The van der Waals surface area contributed by atoms with Crippen LogP contribution in [0.5, 0.6) is 0 Å². The van der Waals surface area contributed by atoms with Gasteiger partial charge >= 0.3 is 219 Å². The molecule has 0 bridgehead atoms. The first-order chi connectivity index (χ1) is 9.85. The third-order valence-corrected chi connectivity index (χ3v) is 34.8. The van der Waals surface area contributed by atoms with Crippen LogP contribution in [-0.2, 0) is 6.13 Å². The Balaban J connectivity index is -0.00000000476. The van der Waals surface area contributed by atoms with E-state index >= 15 is 0 Å². The summed E-state index contributed by atoms with van der Waals surface area (Å²) < 4.78 is 12.9. The zero-order valence-corrected chi connectivity index (χ0v) is 28.3. The molecule has 0 rings (SSSR count). The molecule has 0 aliphatic carbocycles. The van der Waals surface area contributed by atoms with E-state index in [1.54, 1.807) is 0 Å². The van der Waals surface area contributed by atoms with Crippen LogP contribution in [0.15, 0.2) is 0 Å². The molecular formula is C36H122I6O2S2. The van der Waals surface area contributed by atoms with Crippen LogP contribution in [0.1, 0.15) is 220 Å². The minimum absolute atomic E-state index is 0. The van der Waals surface area contributed by atoms with Gasteiger partial charge in [-0.2, -0.15) is 0 Å². The molecule has 4 atom stereocenters. The minimum atomic E-state index is -1.46. The van der Waals surface area contributed by atoms with Gasteiger partial charge in [0.2, 0.25) is 0 Å². The summed E-state index contributed by atoms with van der Waals surface area (Å²) >= 11 is 6.91. The van der Waals surface area contributed by atoms with E-state index in [1.165, 1.54) is 0 Å². The predicted octanol–water partition coefficient (Wildman–Crippen LogP) is 23.8. The van der Waals surface area contributed by atoms with Crippen LogP contribution in [0.25, 0.3) is 0 Å². The summed E-state index contributed by atoms with van der Waals surface area (Å²) in [7, 11) is 9.10. The van der Waals surface area contributed by atoms with Crippen molar-refractivity contribution >= 4 is 148 Å². The second-order valence-corrected chi connectivity index (χ2v) is 29.2. The number of rotatable bonds is 8. The number of hydrogen-bond acceptors (Lipinski definition) is 4. The molecule has 2 nitrogen and oxygen atoms in total. The summed E-state index contributed by atoms with van der Waals surface area (Å²) in [5, 5.41) is 0. The first kappa shape index (κ1) is 204. The number of alkyl halides is 6. The Hall–Kier alpha value is 5.00. The quantitative estimate of drug-likeness (QED) is 0.143. The van der Waals surface area contributed by atoms with Crippen LogP contribution in [0.3, 0.4) is 0 Å². The van der Waals surface area contributed by atoms with Gasteiger partial charge in [0.05, 0.1) is 0 Å². The number of hydrogen-bond donors (Lipinski definition) is 2. The van der Waals surface area contributed by atoms with Crippen LogP contribution in [0.4, 0.5) is 0 Å². The van der Waals surface area contributed by atoms with Crippen molar-refractivity contribution in [2.24, 2.45) is 0 Å². The van der Waals surface area contributed by atoms with E-state index in [0.717, 1.165) is 13.2 Å². The molecule has 0 saturated carbocycles. The molecule has 0 aliphatic heterocycles. The van der Waals surface area contributed by atoms with E-state index in [2.05, 4.69) is 138 Å². The Morgan fingerprint density at radius 3 is 0.609 bits per heavy atom. The molecule has 0 aromatic rings. The van der Waals surface area contributed by atoms with Crippen molar-refractivity contribution in [3.63, 3.8) is 0 Å². The molecule has 0 aliphatic rings. The first-order valence-electron chi connectivity index (χ1n) is 6.56. The second kappa shape index (κ2) is 110. The Morgan fingerprint density at radius 2 is 0.543 bits per heavy atom. The average molecular weight is 1410 g/mol. The van der Waals surface area contributed by atoms with Gasteiger partial charge in [0.15, 0.2) is 0 Å². The van der Waals surface area contributed by atoms with E-state index in [4.69, 9.17) is 6.13 Å². The molecule has 10 heteroatoms. The molecule has 0 aromatic carbocycles. The van der Waals surface area contributed by atoms with Crippen molar-refractivity contribution in [1.82, 2.24) is 0 Å². The number of thiol groups is 2. The predicted molar refractivity (Wildman–Crippen MR) is 323 cm³/mol. The molecule has 332 valence electrons. The average Bonchev–Trinajstić information content (AvgIpc) is 2.39. The molecule has 46 heavy (non-hydrogen) atoms. The normalized spacial score (nSPS) is 9.91. The van der Waals surface area contributed by atoms with E-state index < -0.39 is 37.7 Å². The topological polar surface area (TPSA) is 18.5 Å². The van der Waals surface area contributed by atoms with Crippen molar-refractivity contribution in [2.45, 2.75) is 230 Å². The van der Waals surface area contributed by atoms with E-state index in [0.29, 0.717) is 7.85 Å². The Kier molecular flexibility index (Phi) is 489. The van der Waals surface area contributed by atoms with Crippen LogP contribution in [-0.4, -0.2) is 23.9 Å². The van der Waals surface area contributed by atoms with Gasteiger partial charge in [-0.05, 0) is 0 Å². The third kappa shape index (κ3) is 92.2. The van der Waals surface area contributed by atoms with Gasteiger partial charge < -0.3 is 0 Å². The van der Waals surface area contributed by atoms with Crippen molar-refractivity contribution in [2.75, 3.05) is 13.2 Å². The molecule has 0 radical (unpaired) electrons.